The predicted octanol–water partition coefficient (Wildman–Crippen LogP) is 1.88. The number of aryl methyl sites for hydroxylation is 1. The molecule has 0 spiro atoms. The maximum Gasteiger partial charge on any atom is 0.266 e. The van der Waals surface area contributed by atoms with Crippen LogP contribution in [0.15, 0.2) is 54.6 Å². The zero-order valence-corrected chi connectivity index (χ0v) is 14.8. The number of para-hydroxylation sites is 1. The van der Waals surface area contributed by atoms with Crippen molar-refractivity contribution in [3.63, 3.8) is 0 Å². The van der Waals surface area contributed by atoms with Gasteiger partial charge in [-0.05, 0) is 36.2 Å². The number of anilines is 1. The molecule has 0 aliphatic rings. The molecule has 0 unspecified atom stereocenters. The molecule has 2 amide bonds. The van der Waals surface area contributed by atoms with Crippen LogP contribution in [-0.2, 0) is 21.3 Å². The summed E-state index contributed by atoms with van der Waals surface area (Å²) in [5, 5.41) is 5.21. The number of rotatable bonds is 8. The fraction of sp³-hybridized carbons (Fsp3) is 0.222. The molecule has 8 heteroatoms. The minimum Gasteiger partial charge on any atom is -0.351 e. The predicted molar refractivity (Wildman–Crippen MR) is 98.6 cm³/mol. The summed E-state index contributed by atoms with van der Waals surface area (Å²) in [6.07, 6.45) is 0.845. The molecule has 0 fully saturated rings. The molecule has 138 valence electrons. The second kappa shape index (κ2) is 9.12. The van der Waals surface area contributed by atoms with Gasteiger partial charge in [0.15, 0.2) is 0 Å². The minimum atomic E-state index is -4.10. The lowest BCUT2D eigenvalue weighted by atomic mass is 10.1. The summed E-state index contributed by atoms with van der Waals surface area (Å²) in [6.45, 7) is -0.168. The molecule has 7 nitrogen and oxygen atoms in total. The van der Waals surface area contributed by atoms with Crippen molar-refractivity contribution in [2.45, 2.75) is 12.8 Å². The molecule has 26 heavy (non-hydrogen) atoms. The largest absolute Gasteiger partial charge is 0.351 e. The van der Waals surface area contributed by atoms with Gasteiger partial charge in [-0.3, -0.25) is 14.1 Å². The van der Waals surface area contributed by atoms with Gasteiger partial charge in [0, 0.05) is 24.2 Å². The SMILES string of the molecule is O=C(CCc1ccc(C(=O)NCCS(=O)(=O)O)cc1)Nc1ccccc1. The average Bonchev–Trinajstić information content (AvgIpc) is 2.60. The van der Waals surface area contributed by atoms with Gasteiger partial charge in [-0.1, -0.05) is 30.3 Å². The van der Waals surface area contributed by atoms with Crippen molar-refractivity contribution in [3.05, 3.63) is 65.7 Å². The molecule has 0 saturated carbocycles. The Morgan fingerprint density at radius 3 is 2.23 bits per heavy atom. The molecule has 0 aliphatic carbocycles. The summed E-state index contributed by atoms with van der Waals surface area (Å²) in [4.78, 5) is 23.8. The van der Waals surface area contributed by atoms with Gasteiger partial charge in [0.2, 0.25) is 5.91 Å². The van der Waals surface area contributed by atoms with Crippen molar-refractivity contribution >= 4 is 27.6 Å². The highest BCUT2D eigenvalue weighted by atomic mass is 32.2. The zero-order valence-electron chi connectivity index (χ0n) is 14.0. The van der Waals surface area contributed by atoms with E-state index < -0.39 is 21.8 Å². The summed E-state index contributed by atoms with van der Waals surface area (Å²) in [5.41, 5.74) is 2.02. The third-order valence-electron chi connectivity index (χ3n) is 3.56. The number of amides is 2. The van der Waals surface area contributed by atoms with E-state index in [1.54, 1.807) is 24.3 Å². The maximum absolute atomic E-state index is 11.9. The summed E-state index contributed by atoms with van der Waals surface area (Å²) in [6, 6.07) is 15.9. The first-order valence-corrected chi connectivity index (χ1v) is 9.61. The first kappa shape index (κ1) is 19.6. The second-order valence-corrected chi connectivity index (χ2v) is 7.23. The van der Waals surface area contributed by atoms with E-state index in [1.165, 1.54) is 0 Å². The van der Waals surface area contributed by atoms with E-state index in [0.29, 0.717) is 18.4 Å². The molecule has 3 N–H and O–H groups in total. The van der Waals surface area contributed by atoms with Crippen LogP contribution in [0.5, 0.6) is 0 Å². The summed E-state index contributed by atoms with van der Waals surface area (Å²) >= 11 is 0. The Hall–Kier alpha value is -2.71. The summed E-state index contributed by atoms with van der Waals surface area (Å²) < 4.78 is 29.8. The molecule has 2 aromatic carbocycles. The Labute approximate surface area is 152 Å². The second-order valence-electron chi connectivity index (χ2n) is 5.65. The molecule has 2 rings (SSSR count). The highest BCUT2D eigenvalue weighted by Gasteiger charge is 2.09. The van der Waals surface area contributed by atoms with Crippen molar-refractivity contribution in [1.82, 2.24) is 5.32 Å². The third-order valence-corrected chi connectivity index (χ3v) is 4.28. The molecule has 0 aromatic heterocycles. The first-order chi connectivity index (χ1) is 12.3. The summed E-state index contributed by atoms with van der Waals surface area (Å²) in [7, 11) is -4.10. The fourth-order valence-electron chi connectivity index (χ4n) is 2.22. The van der Waals surface area contributed by atoms with E-state index in [2.05, 4.69) is 10.6 Å². The Morgan fingerprint density at radius 1 is 0.962 bits per heavy atom. The van der Waals surface area contributed by atoms with Crippen LogP contribution in [0.1, 0.15) is 22.3 Å². The normalized spacial score (nSPS) is 11.0. The fourth-order valence-corrected chi connectivity index (χ4v) is 2.58. The lowest BCUT2D eigenvalue weighted by Crippen LogP contribution is -2.28. The molecule has 0 bridgehead atoms. The average molecular weight is 376 g/mol. The lowest BCUT2D eigenvalue weighted by molar-refractivity contribution is -0.116. The Bertz CT molecular complexity index is 849. The van der Waals surface area contributed by atoms with Gasteiger partial charge in [-0.25, -0.2) is 0 Å². The van der Waals surface area contributed by atoms with E-state index in [4.69, 9.17) is 4.55 Å². The van der Waals surface area contributed by atoms with Crippen molar-refractivity contribution in [3.8, 4) is 0 Å². The van der Waals surface area contributed by atoms with Crippen LogP contribution in [0, 0.1) is 0 Å². The monoisotopic (exact) mass is 376 g/mol. The standard InChI is InChI=1S/C18H20N2O5S/c21-17(20-16-4-2-1-3-5-16)11-8-14-6-9-15(10-7-14)18(22)19-12-13-26(23,24)25/h1-7,9-10H,8,11-13H2,(H,19,22)(H,20,21)(H,23,24,25). The van der Waals surface area contributed by atoms with Crippen molar-refractivity contribution in [2.24, 2.45) is 0 Å². The zero-order chi connectivity index (χ0) is 19.0. The number of hydrogen-bond acceptors (Lipinski definition) is 4. The molecule has 0 radical (unpaired) electrons. The van der Waals surface area contributed by atoms with E-state index in [-0.39, 0.29) is 12.5 Å². The lowest BCUT2D eigenvalue weighted by Gasteiger charge is -2.07. The van der Waals surface area contributed by atoms with Crippen molar-refractivity contribution < 1.29 is 22.6 Å². The van der Waals surface area contributed by atoms with Crippen LogP contribution in [0.2, 0.25) is 0 Å². The number of hydrogen-bond donors (Lipinski definition) is 3. The van der Waals surface area contributed by atoms with Crippen LogP contribution in [0.25, 0.3) is 0 Å². The quantitative estimate of drug-likeness (QED) is 0.609. The van der Waals surface area contributed by atoms with Gasteiger partial charge < -0.3 is 10.6 Å². The van der Waals surface area contributed by atoms with Crippen LogP contribution in [0.3, 0.4) is 0 Å². The van der Waals surface area contributed by atoms with Gasteiger partial charge in [-0.15, -0.1) is 0 Å². The van der Waals surface area contributed by atoms with E-state index in [9.17, 15) is 18.0 Å². The van der Waals surface area contributed by atoms with Crippen LogP contribution in [0.4, 0.5) is 5.69 Å². The Balaban J connectivity index is 1.79. The molecular weight excluding hydrogens is 356 g/mol. The molecular formula is C18H20N2O5S. The number of nitrogens with one attached hydrogen (secondary N) is 2. The molecule has 0 saturated heterocycles. The molecule has 0 heterocycles. The number of benzene rings is 2. The van der Waals surface area contributed by atoms with Crippen LogP contribution < -0.4 is 10.6 Å². The van der Waals surface area contributed by atoms with Gasteiger partial charge in [-0.2, -0.15) is 8.42 Å². The van der Waals surface area contributed by atoms with E-state index in [0.717, 1.165) is 11.3 Å². The molecule has 0 atom stereocenters. The van der Waals surface area contributed by atoms with E-state index >= 15 is 0 Å². The van der Waals surface area contributed by atoms with Crippen molar-refractivity contribution in [1.29, 1.82) is 0 Å². The number of carbonyl (C=O) groups is 2. The Kier molecular flexibility index (Phi) is 6.88. The topological polar surface area (TPSA) is 113 Å². The highest BCUT2D eigenvalue weighted by Crippen LogP contribution is 2.09. The minimum absolute atomic E-state index is 0.0942. The highest BCUT2D eigenvalue weighted by molar-refractivity contribution is 7.85. The van der Waals surface area contributed by atoms with Gasteiger partial charge >= 0.3 is 0 Å². The van der Waals surface area contributed by atoms with Crippen LogP contribution in [-0.4, -0.2) is 37.1 Å². The van der Waals surface area contributed by atoms with E-state index in [1.807, 2.05) is 30.3 Å². The Morgan fingerprint density at radius 2 is 1.62 bits per heavy atom. The maximum atomic E-state index is 11.9. The number of carbonyl (C=O) groups excluding carboxylic acids is 2. The van der Waals surface area contributed by atoms with Gasteiger partial charge in [0.05, 0.1) is 5.75 Å². The smallest absolute Gasteiger partial charge is 0.266 e. The van der Waals surface area contributed by atoms with Gasteiger partial charge in [0.1, 0.15) is 0 Å². The first-order valence-electron chi connectivity index (χ1n) is 8.01. The third kappa shape index (κ3) is 7.04. The van der Waals surface area contributed by atoms with Crippen LogP contribution >= 0.6 is 0 Å². The summed E-state index contributed by atoms with van der Waals surface area (Å²) in [5.74, 6) is -1.06. The molecule has 0 aliphatic heterocycles. The molecule has 2 aromatic rings. The van der Waals surface area contributed by atoms with Gasteiger partial charge in [0.25, 0.3) is 16.0 Å². The van der Waals surface area contributed by atoms with Crippen molar-refractivity contribution in [2.75, 3.05) is 17.6 Å².